The Balaban J connectivity index is 1.50. The molecule has 21 nitrogen and oxygen atoms in total. The van der Waals surface area contributed by atoms with Crippen molar-refractivity contribution >= 4 is 61.6 Å². The minimum Gasteiger partial charge on any atom is -0.393 e. The van der Waals surface area contributed by atoms with Gasteiger partial charge in [0.2, 0.25) is 0 Å². The summed E-state index contributed by atoms with van der Waals surface area (Å²) in [5.41, 5.74) is 0. The molecule has 5 fully saturated rings. The largest absolute Gasteiger partial charge is 0.492 e. The lowest BCUT2D eigenvalue weighted by Gasteiger charge is -2.48. The smallest absolute Gasteiger partial charge is 0.393 e. The van der Waals surface area contributed by atoms with E-state index in [4.69, 9.17) is 12.3 Å². The van der Waals surface area contributed by atoms with Crippen LogP contribution in [0.15, 0.2) is 0 Å². The van der Waals surface area contributed by atoms with Gasteiger partial charge < -0.3 is 99.6 Å². The number of hydrogen-bond donors (Lipinski definition) is 18. The fourth-order valence-corrected chi connectivity index (χ4v) is 27.5. The van der Waals surface area contributed by atoms with Crippen molar-refractivity contribution in [1.82, 2.24) is 0 Å². The van der Waals surface area contributed by atoms with Gasteiger partial charge in [0.25, 0.3) is 0 Å². The van der Waals surface area contributed by atoms with Crippen molar-refractivity contribution in [3.8, 4) is 0 Å². The maximum Gasteiger partial charge on any atom is 0.492 e. The Labute approximate surface area is 440 Å². The number of aliphatic hydroxyl groups excluding tert-OH is 3. The third kappa shape index (κ3) is 22.3. The van der Waals surface area contributed by atoms with Gasteiger partial charge in [0, 0.05) is 43.8 Å². The van der Waals surface area contributed by atoms with E-state index in [0.717, 1.165) is 32.5 Å². The van der Waals surface area contributed by atoms with E-state index in [1.807, 2.05) is 0 Å². The van der Waals surface area contributed by atoms with Crippen LogP contribution in [-0.2, 0) is 12.3 Å². The molecule has 16 atom stereocenters. The van der Waals surface area contributed by atoms with E-state index in [0.29, 0.717) is 116 Å². The van der Waals surface area contributed by atoms with Crippen molar-refractivity contribution < 1.29 is 99.6 Å². The molecule has 0 aromatic carbocycles. The summed E-state index contributed by atoms with van der Waals surface area (Å²) >= 11 is 0. The monoisotopic (exact) mass is 1170 g/mol. The zero-order valence-corrected chi connectivity index (χ0v) is 50.7. The van der Waals surface area contributed by atoms with Crippen LogP contribution >= 0.6 is 0 Å². The molecule has 0 aromatic rings. The Hall–Kier alpha value is 0.678. The fraction of sp³-hybridized carbons (Fsp3) is 1.00. The van der Waals surface area contributed by atoms with Crippen molar-refractivity contribution in [3.05, 3.63) is 0 Å². The highest BCUT2D eigenvalue weighted by Gasteiger charge is 2.56. The summed E-state index contributed by atoms with van der Waals surface area (Å²) < 4.78 is 16.7. The molecule has 0 heterocycles. The third-order valence-electron chi connectivity index (χ3n) is 17.7. The Morgan fingerprint density at radius 3 is 0.836 bits per heavy atom. The average Bonchev–Trinajstić information content (AvgIpc) is 3.19. The molecule has 73 heavy (non-hydrogen) atoms. The Morgan fingerprint density at radius 2 is 0.562 bits per heavy atom. The summed E-state index contributed by atoms with van der Waals surface area (Å²) in [4.78, 5) is 152. The van der Waals surface area contributed by atoms with Crippen molar-refractivity contribution in [2.45, 2.75) is 204 Å². The molecule has 8 bridgehead atoms. The minimum atomic E-state index is -4.56. The second kappa shape index (κ2) is 26.5. The van der Waals surface area contributed by atoms with E-state index in [1.165, 1.54) is 0 Å². The second-order valence-corrected chi connectivity index (χ2v) is 40.8. The van der Waals surface area contributed by atoms with Crippen LogP contribution in [0.1, 0.15) is 142 Å². The van der Waals surface area contributed by atoms with Crippen LogP contribution in [0.4, 0.5) is 0 Å². The maximum absolute atomic E-state index is 12.5. The van der Waals surface area contributed by atoms with Gasteiger partial charge in [-0.3, -0.25) is 0 Å². The first-order valence-electron chi connectivity index (χ1n) is 27.4. The zero-order valence-electron chi connectivity index (χ0n) is 43.7. The van der Waals surface area contributed by atoms with Gasteiger partial charge >= 0.3 is 61.6 Å². The number of hydrogen-bond acceptors (Lipinski definition) is 21. The predicted octanol–water partition coefficient (Wildman–Crippen LogP) is 0.756. The molecule has 0 aromatic heterocycles. The SMILES string of the molecule is CC1C2CC(CCC[Si](O)(O)O)CC1CC1CC(CCC[Si](O)(O)O)CC(CC3CC(CCC[Si](O)(O)O)CC(CCC4CC(CCC[Si](O[Si](C)(O)O)(O[Si](C)(O)O)O[Si](C)(O)O)CC(C2)C4O)C3O)C1O. The molecular formula is C45H96O21Si7. The molecule has 430 valence electrons. The molecule has 16 unspecified atom stereocenters. The Bertz CT molecular complexity index is 1620. The Morgan fingerprint density at radius 1 is 0.329 bits per heavy atom. The van der Waals surface area contributed by atoms with Crippen LogP contribution in [0.5, 0.6) is 0 Å². The topological polar surface area (TPSA) is 392 Å². The van der Waals surface area contributed by atoms with Crippen LogP contribution in [0.25, 0.3) is 0 Å². The predicted molar refractivity (Wildman–Crippen MR) is 280 cm³/mol. The number of rotatable bonds is 22. The van der Waals surface area contributed by atoms with Crippen LogP contribution in [0.3, 0.4) is 0 Å². The van der Waals surface area contributed by atoms with Crippen LogP contribution in [-0.4, -0.2) is 167 Å². The van der Waals surface area contributed by atoms with Gasteiger partial charge in [-0.05, 0) is 186 Å². The standard InChI is InChI=1S/C45H96O21Si7/c1-30-37-21-33(10-6-16-71(58,59)60)22-38(30)28-40-25-34(11-7-17-72(61,62)63)26-42(45(40)48)29-41-24-31(9-5-15-70(55,56)57)19-36(44(41)47)14-13-35-20-32(23-39(27-37)43(35)46)12-8-18-73(64-67(2,49)50,65-68(3,51)52)66-69(4,53)54/h30-63H,5-29H2,1-4H3. The van der Waals surface area contributed by atoms with E-state index < -0.39 is 79.9 Å². The lowest BCUT2D eigenvalue weighted by Crippen LogP contribution is -2.64. The molecule has 0 spiro atoms. The first-order chi connectivity index (χ1) is 33.4. The van der Waals surface area contributed by atoms with Gasteiger partial charge in [0.1, 0.15) is 0 Å². The van der Waals surface area contributed by atoms with Gasteiger partial charge in [-0.2, -0.15) is 0 Å². The van der Waals surface area contributed by atoms with Crippen LogP contribution in [0.2, 0.25) is 43.8 Å². The summed E-state index contributed by atoms with van der Waals surface area (Å²) in [6.45, 7) is 5.30. The second-order valence-electron chi connectivity index (χ2n) is 24.7. The number of aliphatic hydroxyl groups is 3. The quantitative estimate of drug-likeness (QED) is 0.0665. The highest BCUT2D eigenvalue weighted by molar-refractivity contribution is 6.83. The van der Waals surface area contributed by atoms with Gasteiger partial charge in [0.15, 0.2) is 0 Å². The van der Waals surface area contributed by atoms with E-state index in [2.05, 4.69) is 6.92 Å². The summed E-state index contributed by atoms with van der Waals surface area (Å²) in [5.74, 6) is -0.155. The third-order valence-corrected chi connectivity index (χ3v) is 30.1. The average molecular weight is 1170 g/mol. The molecule has 5 rings (SSSR count). The van der Waals surface area contributed by atoms with Gasteiger partial charge in [0.05, 0.1) is 18.3 Å². The minimum absolute atomic E-state index is 0.00151. The van der Waals surface area contributed by atoms with E-state index in [1.54, 1.807) is 0 Å². The lowest BCUT2D eigenvalue weighted by atomic mass is 9.59. The van der Waals surface area contributed by atoms with Crippen molar-refractivity contribution in [2.24, 2.45) is 76.9 Å². The molecule has 5 aliphatic carbocycles. The van der Waals surface area contributed by atoms with E-state index in [9.17, 15) is 87.3 Å². The van der Waals surface area contributed by atoms with E-state index >= 15 is 0 Å². The summed E-state index contributed by atoms with van der Waals surface area (Å²) in [5, 5.41) is 37.4. The number of fused-ring (bicyclic) bond motifs is 8. The molecule has 0 saturated heterocycles. The zero-order chi connectivity index (χ0) is 54.5. The molecule has 0 amide bonds. The van der Waals surface area contributed by atoms with Crippen molar-refractivity contribution in [3.63, 3.8) is 0 Å². The van der Waals surface area contributed by atoms with E-state index in [-0.39, 0.29) is 108 Å². The molecular weight excluding hydrogens is 1070 g/mol. The highest BCUT2D eigenvalue weighted by atomic mass is 28.5. The summed E-state index contributed by atoms with van der Waals surface area (Å²) in [7, 11) is -30.9. The maximum atomic E-state index is 12.5. The lowest BCUT2D eigenvalue weighted by molar-refractivity contribution is -0.0642. The van der Waals surface area contributed by atoms with Crippen LogP contribution < -0.4 is 0 Å². The van der Waals surface area contributed by atoms with Crippen molar-refractivity contribution in [1.29, 1.82) is 0 Å². The molecule has 18 N–H and O–H groups in total. The molecule has 5 saturated carbocycles. The molecule has 5 aliphatic rings. The van der Waals surface area contributed by atoms with Gasteiger partial charge in [-0.1, -0.05) is 32.6 Å². The van der Waals surface area contributed by atoms with Crippen LogP contribution in [0, 0.1) is 76.9 Å². The van der Waals surface area contributed by atoms with Gasteiger partial charge in [-0.25, -0.2) is 0 Å². The fourth-order valence-electron chi connectivity index (χ4n) is 14.9. The first kappa shape index (κ1) is 64.5. The summed E-state index contributed by atoms with van der Waals surface area (Å²) in [6.07, 6.45) is 10.5. The highest BCUT2D eigenvalue weighted by Crippen LogP contribution is 2.53. The summed E-state index contributed by atoms with van der Waals surface area (Å²) in [6, 6.07) is -0.453. The Kier molecular flexibility index (Phi) is 23.4. The molecule has 0 aliphatic heterocycles. The molecule has 0 radical (unpaired) electrons. The molecule has 28 heteroatoms. The van der Waals surface area contributed by atoms with Crippen molar-refractivity contribution in [2.75, 3.05) is 0 Å². The van der Waals surface area contributed by atoms with Gasteiger partial charge in [-0.15, -0.1) is 0 Å². The normalized spacial score (nSPS) is 35.9. The first-order valence-corrected chi connectivity index (χ1v) is 42.4.